The number of ether oxygens (including phenoxy) is 1. The zero-order valence-electron chi connectivity index (χ0n) is 20.1. The lowest BCUT2D eigenvalue weighted by atomic mass is 10.1. The van der Waals surface area contributed by atoms with Crippen molar-refractivity contribution in [2.75, 3.05) is 33.4 Å². The van der Waals surface area contributed by atoms with Crippen LogP contribution in [0.25, 0.3) is 10.2 Å². The fourth-order valence-electron chi connectivity index (χ4n) is 4.48. The van der Waals surface area contributed by atoms with E-state index in [0.717, 1.165) is 35.5 Å². The van der Waals surface area contributed by atoms with Crippen LogP contribution in [0.15, 0.2) is 39.9 Å². The van der Waals surface area contributed by atoms with Crippen LogP contribution in [0.3, 0.4) is 0 Å². The highest BCUT2D eigenvalue weighted by atomic mass is 32.1. The Hall–Kier alpha value is -2.91. The van der Waals surface area contributed by atoms with Gasteiger partial charge < -0.3 is 14.5 Å². The van der Waals surface area contributed by atoms with Crippen LogP contribution < -0.4 is 11.2 Å². The molecule has 4 rings (SSSR count). The molecule has 0 atom stereocenters. The summed E-state index contributed by atoms with van der Waals surface area (Å²) in [7, 11) is 1.60. The lowest BCUT2D eigenvalue weighted by molar-refractivity contribution is 0.186. The normalized spacial score (nSPS) is 14.0. The highest BCUT2D eigenvalue weighted by molar-refractivity contribution is 7.18. The summed E-state index contributed by atoms with van der Waals surface area (Å²) in [6.07, 6.45) is 1.52. The van der Waals surface area contributed by atoms with Crippen LogP contribution in [0.4, 0.5) is 4.79 Å². The van der Waals surface area contributed by atoms with Crippen molar-refractivity contribution >= 4 is 27.6 Å². The second-order valence-electron chi connectivity index (χ2n) is 8.64. The van der Waals surface area contributed by atoms with E-state index in [2.05, 4.69) is 6.92 Å². The number of amides is 2. The van der Waals surface area contributed by atoms with Gasteiger partial charge in [0.15, 0.2) is 0 Å². The van der Waals surface area contributed by atoms with Crippen LogP contribution in [0.1, 0.15) is 29.3 Å². The standard InChI is InChI=1S/C25H32N4O4S/c1-4-11-26-13-14-27(24(26)31)17-20-18(2)21-22(30)28(12-10-19-8-6-5-7-9-19)25(32)29(15-16-33-3)23(21)34-20/h5-9H,4,10-17H2,1-3H3. The molecular formula is C25H32N4O4S. The van der Waals surface area contributed by atoms with Gasteiger partial charge in [-0.05, 0) is 30.9 Å². The van der Waals surface area contributed by atoms with E-state index in [9.17, 15) is 14.4 Å². The SMILES string of the molecule is CCCN1CCN(Cc2sc3c(c2C)c(=O)n(CCc2ccccc2)c(=O)n3CCOC)C1=O. The molecule has 0 radical (unpaired) electrons. The summed E-state index contributed by atoms with van der Waals surface area (Å²) in [6.45, 7) is 7.63. The van der Waals surface area contributed by atoms with Gasteiger partial charge in [-0.3, -0.25) is 13.9 Å². The van der Waals surface area contributed by atoms with Crippen LogP contribution in [0, 0.1) is 6.92 Å². The summed E-state index contributed by atoms with van der Waals surface area (Å²) >= 11 is 1.44. The molecule has 2 aromatic heterocycles. The van der Waals surface area contributed by atoms with E-state index in [1.807, 2.05) is 47.1 Å². The zero-order valence-corrected chi connectivity index (χ0v) is 20.9. The first-order valence-electron chi connectivity index (χ1n) is 11.8. The number of aromatic nitrogens is 2. The average Bonchev–Trinajstić information content (AvgIpc) is 3.34. The number of rotatable bonds is 10. The lowest BCUT2D eigenvalue weighted by Crippen LogP contribution is -2.40. The maximum absolute atomic E-state index is 13.5. The van der Waals surface area contributed by atoms with Crippen LogP contribution >= 0.6 is 11.3 Å². The van der Waals surface area contributed by atoms with Crippen molar-refractivity contribution < 1.29 is 9.53 Å². The topological polar surface area (TPSA) is 76.8 Å². The number of urea groups is 1. The number of carbonyl (C=O) groups is 1. The van der Waals surface area contributed by atoms with Crippen molar-refractivity contribution in [2.24, 2.45) is 0 Å². The fourth-order valence-corrected chi connectivity index (χ4v) is 5.81. The molecule has 182 valence electrons. The molecule has 3 aromatic rings. The van der Waals surface area contributed by atoms with E-state index in [0.29, 0.717) is 49.4 Å². The third-order valence-corrected chi connectivity index (χ3v) is 7.69. The molecule has 0 N–H and O–H groups in total. The van der Waals surface area contributed by atoms with Gasteiger partial charge in [0.2, 0.25) is 0 Å². The van der Waals surface area contributed by atoms with Crippen LogP contribution in [0.5, 0.6) is 0 Å². The minimum absolute atomic E-state index is 0.0377. The Labute approximate surface area is 203 Å². The molecule has 0 unspecified atom stereocenters. The molecule has 1 aliphatic rings. The highest BCUT2D eigenvalue weighted by Gasteiger charge is 2.29. The second kappa shape index (κ2) is 10.6. The minimum Gasteiger partial charge on any atom is -0.383 e. The van der Waals surface area contributed by atoms with E-state index in [1.54, 1.807) is 11.7 Å². The smallest absolute Gasteiger partial charge is 0.332 e. The number of hydrogen-bond acceptors (Lipinski definition) is 5. The molecular weight excluding hydrogens is 452 g/mol. The van der Waals surface area contributed by atoms with Crippen molar-refractivity contribution in [3.8, 4) is 0 Å². The molecule has 1 aromatic carbocycles. The largest absolute Gasteiger partial charge is 0.383 e. The van der Waals surface area contributed by atoms with Crippen molar-refractivity contribution in [2.45, 2.75) is 46.3 Å². The van der Waals surface area contributed by atoms with Gasteiger partial charge in [0.1, 0.15) is 4.83 Å². The van der Waals surface area contributed by atoms with E-state index in [4.69, 9.17) is 4.74 Å². The lowest BCUT2D eigenvalue weighted by Gasteiger charge is -2.17. The van der Waals surface area contributed by atoms with Crippen molar-refractivity contribution in [1.82, 2.24) is 18.9 Å². The Morgan fingerprint density at radius 2 is 1.71 bits per heavy atom. The molecule has 1 saturated heterocycles. The molecule has 1 fully saturated rings. The first-order chi connectivity index (χ1) is 16.5. The van der Waals surface area contributed by atoms with E-state index in [1.165, 1.54) is 15.9 Å². The van der Waals surface area contributed by atoms with Crippen molar-refractivity contribution in [3.05, 3.63) is 67.2 Å². The van der Waals surface area contributed by atoms with Gasteiger partial charge >= 0.3 is 11.7 Å². The Kier molecular flexibility index (Phi) is 7.53. The number of benzene rings is 1. The first kappa shape index (κ1) is 24.2. The molecule has 0 spiro atoms. The Bertz CT molecular complexity index is 1280. The summed E-state index contributed by atoms with van der Waals surface area (Å²) in [6, 6.07) is 9.88. The number of methoxy groups -OCH3 is 1. The molecule has 0 aliphatic carbocycles. The molecule has 8 nitrogen and oxygen atoms in total. The minimum atomic E-state index is -0.315. The predicted molar refractivity (Wildman–Crippen MR) is 135 cm³/mol. The van der Waals surface area contributed by atoms with Crippen LogP contribution in [0.2, 0.25) is 0 Å². The quantitative estimate of drug-likeness (QED) is 0.443. The molecule has 2 amide bonds. The Morgan fingerprint density at radius 1 is 0.971 bits per heavy atom. The van der Waals surface area contributed by atoms with E-state index >= 15 is 0 Å². The fraction of sp³-hybridized carbons (Fsp3) is 0.480. The summed E-state index contributed by atoms with van der Waals surface area (Å²) in [5.74, 6) is 0. The third-order valence-electron chi connectivity index (χ3n) is 6.39. The van der Waals surface area contributed by atoms with Gasteiger partial charge in [0, 0.05) is 38.2 Å². The molecule has 9 heteroatoms. The maximum atomic E-state index is 13.5. The third kappa shape index (κ3) is 4.67. The number of carbonyl (C=O) groups excluding carboxylic acids is 1. The van der Waals surface area contributed by atoms with Crippen LogP contribution in [-0.4, -0.2) is 58.3 Å². The monoisotopic (exact) mass is 484 g/mol. The summed E-state index contributed by atoms with van der Waals surface area (Å²) in [4.78, 5) is 44.9. The molecule has 34 heavy (non-hydrogen) atoms. The molecule has 0 bridgehead atoms. The molecule has 0 saturated carbocycles. The number of nitrogens with zero attached hydrogens (tertiary/aromatic N) is 4. The van der Waals surface area contributed by atoms with E-state index in [-0.39, 0.29) is 17.3 Å². The number of hydrogen-bond donors (Lipinski definition) is 0. The van der Waals surface area contributed by atoms with E-state index < -0.39 is 0 Å². The molecule has 1 aliphatic heterocycles. The number of thiophene rings is 1. The summed E-state index contributed by atoms with van der Waals surface area (Å²) in [5, 5.41) is 0.570. The van der Waals surface area contributed by atoms with Gasteiger partial charge in [0.25, 0.3) is 5.56 Å². The Balaban J connectivity index is 1.72. The zero-order chi connectivity index (χ0) is 24.2. The summed E-state index contributed by atoms with van der Waals surface area (Å²) in [5.41, 5.74) is 1.35. The molecule has 3 heterocycles. The second-order valence-corrected chi connectivity index (χ2v) is 9.72. The number of fused-ring (bicyclic) bond motifs is 1. The Morgan fingerprint density at radius 3 is 2.41 bits per heavy atom. The van der Waals surface area contributed by atoms with Crippen molar-refractivity contribution in [3.63, 3.8) is 0 Å². The van der Waals surface area contributed by atoms with Crippen LogP contribution in [-0.2, 0) is 30.8 Å². The average molecular weight is 485 g/mol. The van der Waals surface area contributed by atoms with Gasteiger partial charge in [-0.2, -0.15) is 0 Å². The van der Waals surface area contributed by atoms with Crippen molar-refractivity contribution in [1.29, 1.82) is 0 Å². The van der Waals surface area contributed by atoms with Gasteiger partial charge in [0.05, 0.1) is 25.1 Å². The van der Waals surface area contributed by atoms with Gasteiger partial charge in [-0.1, -0.05) is 37.3 Å². The number of aryl methyl sites for hydroxylation is 2. The highest BCUT2D eigenvalue weighted by Crippen LogP contribution is 2.30. The van der Waals surface area contributed by atoms with Gasteiger partial charge in [-0.25, -0.2) is 9.59 Å². The maximum Gasteiger partial charge on any atom is 0.332 e. The first-order valence-corrected chi connectivity index (χ1v) is 12.6. The predicted octanol–water partition coefficient (Wildman–Crippen LogP) is 3.07. The van der Waals surface area contributed by atoms with Gasteiger partial charge in [-0.15, -0.1) is 11.3 Å². The summed E-state index contributed by atoms with van der Waals surface area (Å²) < 4.78 is 8.24.